The van der Waals surface area contributed by atoms with E-state index in [0.717, 1.165) is 48.9 Å². The molecule has 0 spiro atoms. The van der Waals surface area contributed by atoms with Crippen LogP contribution in [0.4, 0.5) is 0 Å². The summed E-state index contributed by atoms with van der Waals surface area (Å²) in [5.74, 6) is -0.626. The molecule has 6 nitrogen and oxygen atoms in total. The van der Waals surface area contributed by atoms with E-state index in [0.29, 0.717) is 17.7 Å². The van der Waals surface area contributed by atoms with Crippen LogP contribution in [0, 0.1) is 0 Å². The van der Waals surface area contributed by atoms with Crippen molar-refractivity contribution in [2.75, 3.05) is 26.7 Å². The second kappa shape index (κ2) is 10.2. The van der Waals surface area contributed by atoms with Gasteiger partial charge in [-0.15, -0.1) is 0 Å². The van der Waals surface area contributed by atoms with Gasteiger partial charge in [0.25, 0.3) is 0 Å². The normalized spacial score (nSPS) is 20.5. The molecule has 0 saturated carbocycles. The largest absolute Gasteiger partial charge is 0.457 e. The molecule has 6 heteroatoms. The van der Waals surface area contributed by atoms with E-state index < -0.39 is 11.6 Å². The molecule has 172 valence electrons. The molecule has 0 amide bonds. The molecule has 0 bridgehead atoms. The van der Waals surface area contributed by atoms with Crippen molar-refractivity contribution in [1.29, 1.82) is 0 Å². The van der Waals surface area contributed by atoms with Crippen molar-refractivity contribution >= 4 is 5.97 Å². The highest BCUT2D eigenvalue weighted by molar-refractivity contribution is 5.85. The SMILES string of the molecule is C[N@+]1(CCCc2ccncn2)CCCC1COC(=O)C(O)(c1ccccc1)c1ccccc1. The van der Waals surface area contributed by atoms with Crippen LogP contribution in [0.3, 0.4) is 0 Å². The molecule has 4 rings (SSSR count). The van der Waals surface area contributed by atoms with Crippen molar-refractivity contribution in [3.8, 4) is 0 Å². The van der Waals surface area contributed by atoms with Crippen LogP contribution in [0.2, 0.25) is 0 Å². The minimum Gasteiger partial charge on any atom is -0.457 e. The first kappa shape index (κ1) is 23.1. The van der Waals surface area contributed by atoms with E-state index in [9.17, 15) is 9.90 Å². The fraction of sp³-hybridized carbons (Fsp3) is 0.370. The number of esters is 1. The number of aromatic nitrogens is 2. The number of likely N-dealkylation sites (N-methyl/N-ethyl adjacent to an activating group) is 1. The second-order valence-corrected chi connectivity index (χ2v) is 9.07. The lowest BCUT2D eigenvalue weighted by molar-refractivity contribution is -0.921. The van der Waals surface area contributed by atoms with E-state index in [-0.39, 0.29) is 6.04 Å². The molecule has 2 aromatic carbocycles. The third kappa shape index (κ3) is 5.13. The van der Waals surface area contributed by atoms with Gasteiger partial charge in [0.1, 0.15) is 19.0 Å². The Bertz CT molecular complexity index is 991. The summed E-state index contributed by atoms with van der Waals surface area (Å²) in [6, 6.07) is 20.2. The lowest BCUT2D eigenvalue weighted by atomic mass is 9.86. The van der Waals surface area contributed by atoms with Gasteiger partial charge < -0.3 is 14.3 Å². The maximum absolute atomic E-state index is 13.3. The molecular formula is C27H32N3O3+. The predicted octanol–water partition coefficient (Wildman–Crippen LogP) is 3.50. The average molecular weight is 447 g/mol. The van der Waals surface area contributed by atoms with Gasteiger partial charge in [-0.3, -0.25) is 0 Å². The van der Waals surface area contributed by atoms with Gasteiger partial charge in [0.2, 0.25) is 5.60 Å². The molecule has 1 N–H and O–H groups in total. The van der Waals surface area contributed by atoms with Gasteiger partial charge in [-0.05, 0) is 23.6 Å². The van der Waals surface area contributed by atoms with Crippen LogP contribution < -0.4 is 0 Å². The molecule has 3 aromatic rings. The lowest BCUT2D eigenvalue weighted by Crippen LogP contribution is -2.51. The number of ether oxygens (including phenoxy) is 1. The van der Waals surface area contributed by atoms with Gasteiger partial charge in [-0.2, -0.15) is 0 Å². The summed E-state index contributed by atoms with van der Waals surface area (Å²) in [7, 11) is 2.24. The zero-order valence-electron chi connectivity index (χ0n) is 19.1. The topological polar surface area (TPSA) is 72.3 Å². The van der Waals surface area contributed by atoms with Gasteiger partial charge in [-0.25, -0.2) is 14.8 Å². The average Bonchev–Trinajstić information content (AvgIpc) is 3.23. The van der Waals surface area contributed by atoms with E-state index >= 15 is 0 Å². The van der Waals surface area contributed by atoms with Crippen LogP contribution >= 0.6 is 0 Å². The number of nitrogens with zero attached hydrogens (tertiary/aromatic N) is 3. The highest BCUT2D eigenvalue weighted by Crippen LogP contribution is 2.32. The number of aryl methyl sites for hydroxylation is 1. The molecule has 1 aliphatic rings. The minimum atomic E-state index is -1.84. The molecule has 0 aliphatic carbocycles. The first-order valence-corrected chi connectivity index (χ1v) is 11.6. The number of carbonyl (C=O) groups excluding carboxylic acids is 1. The van der Waals surface area contributed by atoms with Gasteiger partial charge >= 0.3 is 5.97 Å². The van der Waals surface area contributed by atoms with E-state index in [1.54, 1.807) is 36.8 Å². The molecule has 1 aromatic heterocycles. The molecule has 1 saturated heterocycles. The molecule has 2 heterocycles. The molecular weight excluding hydrogens is 414 g/mol. The molecule has 33 heavy (non-hydrogen) atoms. The van der Waals surface area contributed by atoms with Crippen molar-refractivity contribution in [2.24, 2.45) is 0 Å². The summed E-state index contributed by atoms with van der Waals surface area (Å²) in [6.07, 6.45) is 7.39. The molecule has 1 fully saturated rings. The number of hydrogen-bond acceptors (Lipinski definition) is 5. The van der Waals surface area contributed by atoms with Gasteiger partial charge in [0.05, 0.1) is 20.1 Å². The minimum absolute atomic E-state index is 0.218. The first-order valence-electron chi connectivity index (χ1n) is 11.6. The Kier molecular flexibility index (Phi) is 7.16. The lowest BCUT2D eigenvalue weighted by Gasteiger charge is -2.36. The summed E-state index contributed by atoms with van der Waals surface area (Å²) in [5, 5.41) is 11.6. The fourth-order valence-electron chi connectivity index (χ4n) is 4.86. The van der Waals surface area contributed by atoms with Crippen LogP contribution in [-0.4, -0.2) is 58.3 Å². The molecule has 0 radical (unpaired) electrons. The summed E-state index contributed by atoms with van der Waals surface area (Å²) < 4.78 is 6.70. The Morgan fingerprint density at radius 3 is 2.36 bits per heavy atom. The number of quaternary nitrogens is 1. The number of hydrogen-bond donors (Lipinski definition) is 1. The highest BCUT2D eigenvalue weighted by Gasteiger charge is 2.44. The van der Waals surface area contributed by atoms with Gasteiger partial charge in [0.15, 0.2) is 0 Å². The third-order valence-corrected chi connectivity index (χ3v) is 6.92. The van der Waals surface area contributed by atoms with E-state index in [2.05, 4.69) is 17.0 Å². The van der Waals surface area contributed by atoms with Crippen LogP contribution in [0.1, 0.15) is 36.1 Å². The number of rotatable bonds is 9. The van der Waals surface area contributed by atoms with Crippen molar-refractivity contribution < 1.29 is 19.1 Å². The van der Waals surface area contributed by atoms with E-state index in [4.69, 9.17) is 4.74 Å². The van der Waals surface area contributed by atoms with Crippen LogP contribution in [0.15, 0.2) is 79.3 Å². The number of carbonyl (C=O) groups is 1. The maximum Gasteiger partial charge on any atom is 0.347 e. The Hall–Kier alpha value is -3.09. The second-order valence-electron chi connectivity index (χ2n) is 9.07. The number of aliphatic hydroxyl groups is 1. The molecule has 1 unspecified atom stereocenters. The Balaban J connectivity index is 1.43. The number of likely N-dealkylation sites (tertiary alicyclic amines) is 1. The van der Waals surface area contributed by atoms with Crippen molar-refractivity contribution in [3.63, 3.8) is 0 Å². The number of benzene rings is 2. The molecule has 2 atom stereocenters. The smallest absolute Gasteiger partial charge is 0.347 e. The third-order valence-electron chi connectivity index (χ3n) is 6.92. The summed E-state index contributed by atoms with van der Waals surface area (Å²) in [5.41, 5.74) is 0.233. The summed E-state index contributed by atoms with van der Waals surface area (Å²) >= 11 is 0. The molecule has 1 aliphatic heterocycles. The van der Waals surface area contributed by atoms with Crippen LogP contribution in [-0.2, 0) is 21.6 Å². The van der Waals surface area contributed by atoms with Crippen molar-refractivity contribution in [2.45, 2.75) is 37.3 Å². The Morgan fingerprint density at radius 1 is 1.09 bits per heavy atom. The Morgan fingerprint density at radius 2 is 1.76 bits per heavy atom. The van der Waals surface area contributed by atoms with E-state index in [1.807, 2.05) is 42.5 Å². The van der Waals surface area contributed by atoms with Crippen molar-refractivity contribution in [1.82, 2.24) is 9.97 Å². The quantitative estimate of drug-likeness (QED) is 0.402. The van der Waals surface area contributed by atoms with Crippen molar-refractivity contribution in [3.05, 3.63) is 96.1 Å². The maximum atomic E-state index is 13.3. The van der Waals surface area contributed by atoms with Gasteiger partial charge in [0, 0.05) is 31.2 Å². The van der Waals surface area contributed by atoms with Crippen LogP contribution in [0.25, 0.3) is 0 Å². The zero-order chi connectivity index (χ0) is 23.2. The first-order chi connectivity index (χ1) is 16.0. The zero-order valence-corrected chi connectivity index (χ0v) is 19.1. The predicted molar refractivity (Wildman–Crippen MR) is 126 cm³/mol. The van der Waals surface area contributed by atoms with Crippen LogP contribution in [0.5, 0.6) is 0 Å². The summed E-state index contributed by atoms with van der Waals surface area (Å²) in [4.78, 5) is 21.6. The Labute approximate surface area is 195 Å². The monoisotopic (exact) mass is 446 g/mol. The standard InChI is InChI=1S/C27H32N3O3/c1-30(18-8-14-24-16-17-28-21-29-24)19-9-15-25(30)20-33-26(31)27(32,22-10-4-2-5-11-22)23-12-6-3-7-13-23/h2-7,10-13,16-17,21,25,32H,8-9,14-15,18-20H2,1H3/q+1/t25?,30-/m0/s1. The van der Waals surface area contributed by atoms with Gasteiger partial charge in [-0.1, -0.05) is 60.7 Å². The van der Waals surface area contributed by atoms with E-state index in [1.165, 1.54) is 0 Å². The fourth-order valence-corrected chi connectivity index (χ4v) is 4.86. The summed E-state index contributed by atoms with van der Waals surface area (Å²) in [6.45, 7) is 2.35. The highest BCUT2D eigenvalue weighted by atomic mass is 16.6.